The average molecular weight is 231 g/mol. The molecule has 3 nitrogen and oxygen atoms in total. The molecule has 0 bridgehead atoms. The van der Waals surface area contributed by atoms with Crippen LogP contribution in [0.25, 0.3) is 5.52 Å². The zero-order valence-corrected chi connectivity index (χ0v) is 11.6. The fourth-order valence-corrected chi connectivity index (χ4v) is 1.88. The van der Waals surface area contributed by atoms with Gasteiger partial charge in [-0.2, -0.15) is 14.8 Å². The second-order valence-corrected chi connectivity index (χ2v) is 6.65. The summed E-state index contributed by atoms with van der Waals surface area (Å²) in [6.45, 7) is 13.2. The van der Waals surface area contributed by atoms with Crippen LogP contribution in [0.5, 0.6) is 0 Å². The minimum Gasteiger partial charge on any atom is -0.158 e. The van der Waals surface area contributed by atoms with E-state index in [-0.39, 0.29) is 10.8 Å². The van der Waals surface area contributed by atoms with Gasteiger partial charge in [0.1, 0.15) is 0 Å². The first-order valence-corrected chi connectivity index (χ1v) is 6.05. The molecule has 0 aliphatic carbocycles. The van der Waals surface area contributed by atoms with Gasteiger partial charge in [0.15, 0.2) is 0 Å². The molecule has 0 aliphatic heterocycles. The van der Waals surface area contributed by atoms with E-state index in [2.05, 4.69) is 57.8 Å². The molecule has 92 valence electrons. The Bertz CT molecular complexity index is 539. The Labute approximate surface area is 103 Å². The maximum absolute atomic E-state index is 4.59. The van der Waals surface area contributed by atoms with Crippen LogP contribution in [-0.4, -0.2) is 14.8 Å². The van der Waals surface area contributed by atoms with Crippen molar-refractivity contribution in [3.05, 3.63) is 29.6 Å². The zero-order valence-electron chi connectivity index (χ0n) is 11.6. The summed E-state index contributed by atoms with van der Waals surface area (Å²) in [7, 11) is 0. The fourth-order valence-electron chi connectivity index (χ4n) is 1.88. The molecule has 0 atom stereocenters. The van der Waals surface area contributed by atoms with Crippen LogP contribution in [0.15, 0.2) is 18.3 Å². The Morgan fingerprint density at radius 3 is 2.18 bits per heavy atom. The predicted octanol–water partition coefficient (Wildman–Crippen LogP) is 3.32. The summed E-state index contributed by atoms with van der Waals surface area (Å²) < 4.78 is 1.75. The predicted molar refractivity (Wildman–Crippen MR) is 70.4 cm³/mol. The summed E-state index contributed by atoms with van der Waals surface area (Å²) in [6, 6.07) is 4.25. The van der Waals surface area contributed by atoms with Gasteiger partial charge in [-0.3, -0.25) is 0 Å². The fraction of sp³-hybridized carbons (Fsp3) is 0.571. The van der Waals surface area contributed by atoms with Gasteiger partial charge in [-0.1, -0.05) is 41.5 Å². The first kappa shape index (κ1) is 12.1. The normalized spacial score (nSPS) is 13.3. The SMILES string of the molecule is CC(C)(C)c1cc(C(C)(C)C)c2ccnn2n1. The number of rotatable bonds is 0. The molecule has 0 aliphatic rings. The molecule has 0 unspecified atom stereocenters. The molecule has 0 radical (unpaired) electrons. The first-order valence-electron chi connectivity index (χ1n) is 6.05. The minimum atomic E-state index is 0.0418. The molecule has 0 N–H and O–H groups in total. The van der Waals surface area contributed by atoms with Crippen molar-refractivity contribution in [1.82, 2.24) is 14.8 Å². The van der Waals surface area contributed by atoms with Crippen LogP contribution < -0.4 is 0 Å². The van der Waals surface area contributed by atoms with E-state index in [4.69, 9.17) is 0 Å². The molecule has 0 aromatic carbocycles. The van der Waals surface area contributed by atoms with E-state index in [1.165, 1.54) is 5.56 Å². The molecule has 2 aromatic heterocycles. The third-order valence-electron chi connectivity index (χ3n) is 2.96. The van der Waals surface area contributed by atoms with Gasteiger partial charge in [-0.05, 0) is 23.1 Å². The van der Waals surface area contributed by atoms with Crippen molar-refractivity contribution < 1.29 is 0 Å². The summed E-state index contributed by atoms with van der Waals surface area (Å²) in [5, 5.41) is 8.86. The van der Waals surface area contributed by atoms with E-state index in [9.17, 15) is 0 Å². The zero-order chi connectivity index (χ0) is 12.8. The van der Waals surface area contributed by atoms with Crippen LogP contribution in [0.4, 0.5) is 0 Å². The Morgan fingerprint density at radius 2 is 1.65 bits per heavy atom. The van der Waals surface area contributed by atoms with Crippen LogP contribution in [0.3, 0.4) is 0 Å². The molecule has 0 spiro atoms. The van der Waals surface area contributed by atoms with Crippen molar-refractivity contribution in [3.63, 3.8) is 0 Å². The molecule has 2 rings (SSSR count). The number of hydrogen-bond acceptors (Lipinski definition) is 2. The van der Waals surface area contributed by atoms with E-state index in [1.807, 2.05) is 12.3 Å². The van der Waals surface area contributed by atoms with Gasteiger partial charge < -0.3 is 0 Å². The Kier molecular flexibility index (Phi) is 2.53. The Balaban J connectivity index is 2.76. The van der Waals surface area contributed by atoms with Crippen molar-refractivity contribution in [1.29, 1.82) is 0 Å². The number of nitrogens with zero attached hydrogens (tertiary/aromatic N) is 3. The van der Waals surface area contributed by atoms with Crippen molar-refractivity contribution in [2.24, 2.45) is 0 Å². The standard InChI is InChI=1S/C14H21N3/c1-13(2,3)10-9-12(14(4,5)6)16-17-11(10)7-8-15-17/h7-9H,1-6H3. The average Bonchev–Trinajstić information content (AvgIpc) is 2.59. The first-order chi connectivity index (χ1) is 7.69. The van der Waals surface area contributed by atoms with Gasteiger partial charge in [0, 0.05) is 5.41 Å². The molecule has 0 fully saturated rings. The molecule has 2 heterocycles. The lowest BCUT2D eigenvalue weighted by Gasteiger charge is -2.24. The molecule has 0 amide bonds. The van der Waals surface area contributed by atoms with Crippen molar-refractivity contribution in [2.75, 3.05) is 0 Å². The van der Waals surface area contributed by atoms with Gasteiger partial charge in [-0.25, -0.2) is 0 Å². The maximum Gasteiger partial charge on any atom is 0.0910 e. The molecular formula is C14H21N3. The van der Waals surface area contributed by atoms with E-state index in [1.54, 1.807) is 4.63 Å². The van der Waals surface area contributed by atoms with E-state index >= 15 is 0 Å². The third-order valence-corrected chi connectivity index (χ3v) is 2.96. The van der Waals surface area contributed by atoms with Crippen LogP contribution in [0, 0.1) is 0 Å². The highest BCUT2D eigenvalue weighted by molar-refractivity contribution is 5.56. The largest absolute Gasteiger partial charge is 0.158 e. The molecule has 3 heteroatoms. The van der Waals surface area contributed by atoms with Crippen molar-refractivity contribution in [2.45, 2.75) is 52.4 Å². The summed E-state index contributed by atoms with van der Waals surface area (Å²) in [4.78, 5) is 0. The topological polar surface area (TPSA) is 30.2 Å². The van der Waals surface area contributed by atoms with E-state index in [0.29, 0.717) is 0 Å². The Hall–Kier alpha value is -1.38. The summed E-state index contributed by atoms with van der Waals surface area (Å²) in [5.74, 6) is 0. The molecule has 2 aromatic rings. The number of aromatic nitrogens is 3. The van der Waals surface area contributed by atoms with Crippen molar-refractivity contribution in [3.8, 4) is 0 Å². The van der Waals surface area contributed by atoms with Gasteiger partial charge in [-0.15, -0.1) is 0 Å². The van der Waals surface area contributed by atoms with Gasteiger partial charge in [0.2, 0.25) is 0 Å². The van der Waals surface area contributed by atoms with Crippen LogP contribution in [0.2, 0.25) is 0 Å². The van der Waals surface area contributed by atoms with E-state index < -0.39 is 0 Å². The highest BCUT2D eigenvalue weighted by Gasteiger charge is 2.23. The van der Waals surface area contributed by atoms with Crippen LogP contribution in [0.1, 0.15) is 52.8 Å². The lowest BCUT2D eigenvalue weighted by atomic mass is 9.83. The smallest absolute Gasteiger partial charge is 0.0910 e. The molecular weight excluding hydrogens is 210 g/mol. The molecule has 0 saturated heterocycles. The molecule has 0 saturated carbocycles. The monoisotopic (exact) mass is 231 g/mol. The van der Waals surface area contributed by atoms with Crippen molar-refractivity contribution >= 4 is 5.52 Å². The summed E-state index contributed by atoms with van der Waals surface area (Å²) in [5.41, 5.74) is 3.63. The van der Waals surface area contributed by atoms with Crippen LogP contribution >= 0.6 is 0 Å². The molecule has 17 heavy (non-hydrogen) atoms. The highest BCUT2D eigenvalue weighted by atomic mass is 15.4. The summed E-state index contributed by atoms with van der Waals surface area (Å²) >= 11 is 0. The van der Waals surface area contributed by atoms with Gasteiger partial charge in [0.25, 0.3) is 0 Å². The third kappa shape index (κ3) is 2.19. The highest BCUT2D eigenvalue weighted by Crippen LogP contribution is 2.30. The van der Waals surface area contributed by atoms with Gasteiger partial charge in [0.05, 0.1) is 17.4 Å². The lowest BCUT2D eigenvalue weighted by Crippen LogP contribution is -2.20. The minimum absolute atomic E-state index is 0.0418. The number of fused-ring (bicyclic) bond motifs is 1. The van der Waals surface area contributed by atoms with Crippen LogP contribution in [-0.2, 0) is 10.8 Å². The quantitative estimate of drug-likeness (QED) is 0.696. The van der Waals surface area contributed by atoms with E-state index in [0.717, 1.165) is 11.2 Å². The lowest BCUT2D eigenvalue weighted by molar-refractivity contribution is 0.531. The van der Waals surface area contributed by atoms with Gasteiger partial charge >= 0.3 is 0 Å². The second-order valence-electron chi connectivity index (χ2n) is 6.65. The maximum atomic E-state index is 4.59. The number of hydrogen-bond donors (Lipinski definition) is 0. The summed E-state index contributed by atoms with van der Waals surface area (Å²) in [6.07, 6.45) is 1.81. The second kappa shape index (κ2) is 3.56. The Morgan fingerprint density at radius 1 is 1.00 bits per heavy atom.